The van der Waals surface area contributed by atoms with Crippen LogP contribution in [0.3, 0.4) is 0 Å². The van der Waals surface area contributed by atoms with Crippen LogP contribution in [0.15, 0.2) is 48.9 Å². The summed E-state index contributed by atoms with van der Waals surface area (Å²) in [4.78, 5) is 27.5. The van der Waals surface area contributed by atoms with Crippen LogP contribution in [-0.4, -0.2) is 39.9 Å². The first-order valence-electron chi connectivity index (χ1n) is 10.5. The van der Waals surface area contributed by atoms with Crippen molar-refractivity contribution in [2.45, 2.75) is 39.2 Å². The lowest BCUT2D eigenvalue weighted by atomic mass is 9.88. The molecule has 0 bridgehead atoms. The number of aromatic amines is 1. The van der Waals surface area contributed by atoms with Crippen molar-refractivity contribution in [1.29, 1.82) is 0 Å². The van der Waals surface area contributed by atoms with Crippen LogP contribution in [-0.2, 0) is 4.79 Å². The van der Waals surface area contributed by atoms with E-state index in [2.05, 4.69) is 39.0 Å². The van der Waals surface area contributed by atoms with E-state index in [0.717, 1.165) is 48.5 Å². The third-order valence-electron chi connectivity index (χ3n) is 5.75. The Kier molecular flexibility index (Phi) is 5.79. The molecule has 0 spiro atoms. The van der Waals surface area contributed by atoms with E-state index in [1.807, 2.05) is 42.6 Å². The van der Waals surface area contributed by atoms with E-state index in [1.54, 1.807) is 6.33 Å². The summed E-state index contributed by atoms with van der Waals surface area (Å²) < 4.78 is 0. The summed E-state index contributed by atoms with van der Waals surface area (Å²) in [5, 5.41) is 4.49. The van der Waals surface area contributed by atoms with E-state index in [9.17, 15) is 4.79 Å². The number of piperidine rings is 1. The van der Waals surface area contributed by atoms with Gasteiger partial charge in [-0.1, -0.05) is 32.0 Å². The second kappa shape index (κ2) is 8.64. The molecule has 2 aromatic heterocycles. The largest absolute Gasteiger partial charge is 0.375 e. The van der Waals surface area contributed by atoms with Crippen LogP contribution in [0.4, 0.5) is 11.5 Å². The van der Waals surface area contributed by atoms with Crippen molar-refractivity contribution < 1.29 is 4.79 Å². The van der Waals surface area contributed by atoms with Gasteiger partial charge in [-0.25, -0.2) is 9.97 Å². The van der Waals surface area contributed by atoms with Gasteiger partial charge < -0.3 is 15.2 Å². The summed E-state index contributed by atoms with van der Waals surface area (Å²) in [6.07, 6.45) is 6.27. The molecular weight excluding hydrogens is 362 g/mol. The number of aromatic nitrogens is 3. The highest BCUT2D eigenvalue weighted by Gasteiger charge is 2.28. The summed E-state index contributed by atoms with van der Waals surface area (Å²) in [5.41, 5.74) is 1.86. The molecule has 2 atom stereocenters. The maximum atomic E-state index is 13.2. The van der Waals surface area contributed by atoms with Gasteiger partial charge in [0.15, 0.2) is 5.78 Å². The Hall–Kier alpha value is -2.89. The zero-order chi connectivity index (χ0) is 20.2. The Balaban J connectivity index is 1.44. The van der Waals surface area contributed by atoms with Crippen molar-refractivity contribution in [2.24, 2.45) is 11.8 Å². The SMILES string of the molecule is CC(C)[C@@H](Nc1ccccc1)C(=O)C[C@@H]1CCCN(c2ncnc3[nH]ccc23)C1. The molecule has 0 unspecified atom stereocenters. The molecule has 2 N–H and O–H groups in total. The number of hydrogen-bond donors (Lipinski definition) is 2. The lowest BCUT2D eigenvalue weighted by Gasteiger charge is -2.34. The minimum absolute atomic E-state index is 0.164. The summed E-state index contributed by atoms with van der Waals surface area (Å²) in [5.74, 6) is 1.85. The zero-order valence-electron chi connectivity index (χ0n) is 17.1. The lowest BCUT2D eigenvalue weighted by molar-refractivity contribution is -0.121. The fourth-order valence-electron chi connectivity index (χ4n) is 4.28. The molecule has 4 rings (SSSR count). The van der Waals surface area contributed by atoms with Crippen molar-refractivity contribution in [3.05, 3.63) is 48.9 Å². The smallest absolute Gasteiger partial charge is 0.155 e. The molecule has 6 heteroatoms. The highest BCUT2D eigenvalue weighted by atomic mass is 16.1. The van der Waals surface area contributed by atoms with Gasteiger partial charge in [0.2, 0.25) is 0 Å². The molecule has 6 nitrogen and oxygen atoms in total. The molecule has 1 saturated heterocycles. The molecule has 1 aromatic carbocycles. The van der Waals surface area contributed by atoms with Crippen LogP contribution in [0.1, 0.15) is 33.1 Å². The minimum atomic E-state index is -0.164. The van der Waals surface area contributed by atoms with E-state index in [1.165, 1.54) is 0 Å². The number of fused-ring (bicyclic) bond motifs is 1. The van der Waals surface area contributed by atoms with Crippen molar-refractivity contribution in [2.75, 3.05) is 23.3 Å². The number of H-pyrrole nitrogens is 1. The average Bonchev–Trinajstić information content (AvgIpc) is 3.21. The van der Waals surface area contributed by atoms with Gasteiger partial charge in [-0.05, 0) is 42.9 Å². The summed E-state index contributed by atoms with van der Waals surface area (Å²) >= 11 is 0. The standard InChI is InChI=1S/C23H29N5O/c1-16(2)21(27-18-8-4-3-5-9-18)20(29)13-17-7-6-12-28(14-17)23-19-10-11-24-22(19)25-15-26-23/h3-5,8-11,15-17,21,27H,6-7,12-14H2,1-2H3,(H,24,25,26)/t17-,21+/m0/s1. The summed E-state index contributed by atoms with van der Waals surface area (Å²) in [6.45, 7) is 6.04. The van der Waals surface area contributed by atoms with E-state index < -0.39 is 0 Å². The number of carbonyl (C=O) groups is 1. The van der Waals surface area contributed by atoms with Crippen molar-refractivity contribution >= 4 is 28.3 Å². The summed E-state index contributed by atoms with van der Waals surface area (Å²) in [6, 6.07) is 11.9. The fraction of sp³-hybridized carbons (Fsp3) is 0.435. The predicted molar refractivity (Wildman–Crippen MR) is 117 cm³/mol. The van der Waals surface area contributed by atoms with Crippen molar-refractivity contribution in [1.82, 2.24) is 15.0 Å². The first kappa shape index (κ1) is 19.4. The van der Waals surface area contributed by atoms with Gasteiger partial charge in [0.1, 0.15) is 17.8 Å². The van der Waals surface area contributed by atoms with Gasteiger partial charge in [0.25, 0.3) is 0 Å². The van der Waals surface area contributed by atoms with Gasteiger partial charge in [0.05, 0.1) is 11.4 Å². The number of para-hydroxylation sites is 1. The highest BCUT2D eigenvalue weighted by Crippen LogP contribution is 2.29. The van der Waals surface area contributed by atoms with E-state index in [4.69, 9.17) is 0 Å². The normalized spacial score (nSPS) is 18.2. The number of hydrogen-bond acceptors (Lipinski definition) is 5. The van der Waals surface area contributed by atoms with E-state index in [-0.39, 0.29) is 12.0 Å². The van der Waals surface area contributed by atoms with Crippen LogP contribution in [0.2, 0.25) is 0 Å². The number of Topliss-reactive ketones (excluding diaryl/α,β-unsaturated/α-hetero) is 1. The van der Waals surface area contributed by atoms with Gasteiger partial charge in [0, 0.05) is 31.4 Å². The first-order chi connectivity index (χ1) is 14.1. The Labute approximate surface area is 171 Å². The molecule has 1 aliphatic heterocycles. The minimum Gasteiger partial charge on any atom is -0.375 e. The molecule has 3 heterocycles. The highest BCUT2D eigenvalue weighted by molar-refractivity contribution is 5.88. The predicted octanol–water partition coefficient (Wildman–Crippen LogP) is 4.27. The third kappa shape index (κ3) is 4.42. The van der Waals surface area contributed by atoms with Crippen LogP contribution >= 0.6 is 0 Å². The molecule has 29 heavy (non-hydrogen) atoms. The topological polar surface area (TPSA) is 73.9 Å². The van der Waals surface area contributed by atoms with E-state index >= 15 is 0 Å². The monoisotopic (exact) mass is 391 g/mol. The first-order valence-corrected chi connectivity index (χ1v) is 10.5. The van der Waals surface area contributed by atoms with Crippen molar-refractivity contribution in [3.8, 4) is 0 Å². The maximum absolute atomic E-state index is 13.2. The molecule has 1 aliphatic rings. The van der Waals surface area contributed by atoms with Crippen LogP contribution < -0.4 is 10.2 Å². The number of nitrogens with one attached hydrogen (secondary N) is 2. The molecule has 152 valence electrons. The van der Waals surface area contributed by atoms with Crippen LogP contribution in [0.25, 0.3) is 11.0 Å². The van der Waals surface area contributed by atoms with Gasteiger partial charge in [-0.3, -0.25) is 4.79 Å². The number of benzene rings is 1. The van der Waals surface area contributed by atoms with Gasteiger partial charge >= 0.3 is 0 Å². The summed E-state index contributed by atoms with van der Waals surface area (Å²) in [7, 11) is 0. The molecule has 3 aromatic rings. The van der Waals surface area contributed by atoms with Gasteiger partial charge in [-0.2, -0.15) is 0 Å². The average molecular weight is 392 g/mol. The van der Waals surface area contributed by atoms with Crippen molar-refractivity contribution in [3.63, 3.8) is 0 Å². The third-order valence-corrected chi connectivity index (χ3v) is 5.75. The number of nitrogens with zero attached hydrogens (tertiary/aromatic N) is 3. The van der Waals surface area contributed by atoms with E-state index in [0.29, 0.717) is 18.1 Å². The molecular formula is C23H29N5O. The van der Waals surface area contributed by atoms with Crippen LogP contribution in [0, 0.1) is 11.8 Å². The maximum Gasteiger partial charge on any atom is 0.155 e. The Bertz CT molecular complexity index is 952. The Morgan fingerprint density at radius 3 is 2.86 bits per heavy atom. The second-order valence-electron chi connectivity index (χ2n) is 8.29. The fourth-order valence-corrected chi connectivity index (χ4v) is 4.28. The number of rotatable bonds is 7. The number of ketones is 1. The molecule has 1 fully saturated rings. The molecule has 0 aliphatic carbocycles. The number of carbonyl (C=O) groups excluding carboxylic acids is 1. The molecule has 0 amide bonds. The quantitative estimate of drug-likeness (QED) is 0.629. The second-order valence-corrected chi connectivity index (χ2v) is 8.29. The zero-order valence-corrected chi connectivity index (χ0v) is 17.1. The number of anilines is 2. The van der Waals surface area contributed by atoms with Crippen LogP contribution in [0.5, 0.6) is 0 Å². The lowest BCUT2D eigenvalue weighted by Crippen LogP contribution is -2.40. The molecule has 0 radical (unpaired) electrons. The Morgan fingerprint density at radius 2 is 2.07 bits per heavy atom. The van der Waals surface area contributed by atoms with Gasteiger partial charge in [-0.15, -0.1) is 0 Å². The Morgan fingerprint density at radius 1 is 1.24 bits per heavy atom. The molecule has 0 saturated carbocycles.